The SMILES string of the molecule is CCC(CNC(=O)Nc1ccc(Br)c(OC)c1)C(=O)O. The Balaban J connectivity index is 2.56. The van der Waals surface area contributed by atoms with Crippen molar-refractivity contribution >= 4 is 33.6 Å². The Hall–Kier alpha value is -1.76. The summed E-state index contributed by atoms with van der Waals surface area (Å²) >= 11 is 3.31. The van der Waals surface area contributed by atoms with Gasteiger partial charge in [0, 0.05) is 18.3 Å². The van der Waals surface area contributed by atoms with Crippen molar-refractivity contribution in [3.8, 4) is 5.75 Å². The maximum Gasteiger partial charge on any atom is 0.319 e. The molecule has 1 atom stereocenters. The van der Waals surface area contributed by atoms with Crippen LogP contribution in [0.3, 0.4) is 0 Å². The molecule has 0 bridgehead atoms. The lowest BCUT2D eigenvalue weighted by atomic mass is 10.1. The monoisotopic (exact) mass is 344 g/mol. The molecule has 1 aromatic rings. The summed E-state index contributed by atoms with van der Waals surface area (Å²) in [4.78, 5) is 22.5. The van der Waals surface area contributed by atoms with Crippen molar-refractivity contribution in [2.45, 2.75) is 13.3 Å². The highest BCUT2D eigenvalue weighted by Gasteiger charge is 2.15. The third-order valence-corrected chi connectivity index (χ3v) is 3.42. The van der Waals surface area contributed by atoms with Crippen LogP contribution < -0.4 is 15.4 Å². The first-order chi connectivity index (χ1) is 9.47. The molecule has 0 aliphatic carbocycles. The Bertz CT molecular complexity index is 493. The molecule has 1 unspecified atom stereocenters. The number of carbonyl (C=O) groups excluding carboxylic acids is 1. The first kappa shape index (κ1) is 16.3. The molecule has 6 nitrogen and oxygen atoms in total. The Morgan fingerprint density at radius 2 is 2.15 bits per heavy atom. The van der Waals surface area contributed by atoms with Gasteiger partial charge in [0.1, 0.15) is 5.75 Å². The third kappa shape index (κ3) is 4.73. The second-order valence-corrected chi connectivity index (χ2v) is 4.98. The lowest BCUT2D eigenvalue weighted by Crippen LogP contribution is -2.35. The molecule has 2 amide bonds. The van der Waals surface area contributed by atoms with Gasteiger partial charge in [-0.25, -0.2) is 4.79 Å². The molecule has 7 heteroatoms. The van der Waals surface area contributed by atoms with Crippen molar-refractivity contribution in [1.29, 1.82) is 0 Å². The number of carboxylic acids is 1. The Morgan fingerprint density at radius 1 is 1.45 bits per heavy atom. The summed E-state index contributed by atoms with van der Waals surface area (Å²) in [6.45, 7) is 1.85. The Kier molecular flexibility index (Phi) is 6.30. The van der Waals surface area contributed by atoms with E-state index in [1.165, 1.54) is 7.11 Å². The van der Waals surface area contributed by atoms with Gasteiger partial charge < -0.3 is 20.5 Å². The molecule has 0 aliphatic heterocycles. The van der Waals surface area contributed by atoms with Crippen LogP contribution in [0.15, 0.2) is 22.7 Å². The van der Waals surface area contributed by atoms with Crippen LogP contribution in [0, 0.1) is 5.92 Å². The summed E-state index contributed by atoms with van der Waals surface area (Å²) in [6.07, 6.45) is 0.460. The highest BCUT2D eigenvalue weighted by molar-refractivity contribution is 9.10. The lowest BCUT2D eigenvalue weighted by molar-refractivity contribution is -0.141. The van der Waals surface area contributed by atoms with E-state index in [4.69, 9.17) is 9.84 Å². The third-order valence-electron chi connectivity index (χ3n) is 2.76. The zero-order valence-electron chi connectivity index (χ0n) is 11.3. The molecule has 0 radical (unpaired) electrons. The van der Waals surface area contributed by atoms with Gasteiger partial charge in [-0.2, -0.15) is 0 Å². The van der Waals surface area contributed by atoms with E-state index in [0.29, 0.717) is 17.9 Å². The van der Waals surface area contributed by atoms with E-state index in [-0.39, 0.29) is 6.54 Å². The number of carbonyl (C=O) groups is 2. The molecule has 0 heterocycles. The van der Waals surface area contributed by atoms with E-state index in [1.54, 1.807) is 25.1 Å². The summed E-state index contributed by atoms with van der Waals surface area (Å²) in [5.74, 6) is -0.905. The molecule has 3 N–H and O–H groups in total. The fourth-order valence-corrected chi connectivity index (χ4v) is 1.94. The molecule has 110 valence electrons. The van der Waals surface area contributed by atoms with E-state index >= 15 is 0 Å². The number of urea groups is 1. The number of rotatable bonds is 6. The number of nitrogens with one attached hydrogen (secondary N) is 2. The second-order valence-electron chi connectivity index (χ2n) is 4.13. The number of carboxylic acid groups (broad SMARTS) is 1. The van der Waals surface area contributed by atoms with Crippen molar-refractivity contribution in [1.82, 2.24) is 5.32 Å². The molecule has 1 aromatic carbocycles. The van der Waals surface area contributed by atoms with E-state index in [1.807, 2.05) is 0 Å². The van der Waals surface area contributed by atoms with Crippen molar-refractivity contribution in [3.63, 3.8) is 0 Å². The van der Waals surface area contributed by atoms with Crippen molar-refractivity contribution in [2.75, 3.05) is 19.0 Å². The standard InChI is InChI=1S/C13H17BrN2O4/c1-3-8(12(17)18)7-15-13(19)16-9-4-5-10(14)11(6-9)20-2/h4-6,8H,3,7H2,1-2H3,(H,17,18)(H2,15,16,19). The Morgan fingerprint density at radius 3 is 2.70 bits per heavy atom. The average Bonchev–Trinajstić information content (AvgIpc) is 2.41. The molecule has 1 rings (SSSR count). The van der Waals surface area contributed by atoms with Gasteiger partial charge in [-0.1, -0.05) is 6.92 Å². The Labute approximate surface area is 125 Å². The number of amides is 2. The van der Waals surface area contributed by atoms with Gasteiger partial charge in [0.2, 0.25) is 0 Å². The molecule has 0 saturated heterocycles. The van der Waals surface area contributed by atoms with Crippen LogP contribution in [0.5, 0.6) is 5.75 Å². The molecule has 0 aromatic heterocycles. The van der Waals surface area contributed by atoms with E-state index in [0.717, 1.165) is 4.47 Å². The van der Waals surface area contributed by atoms with Gasteiger partial charge >= 0.3 is 12.0 Å². The number of halogens is 1. The molecular weight excluding hydrogens is 328 g/mol. The number of hydrogen-bond acceptors (Lipinski definition) is 3. The van der Waals surface area contributed by atoms with Crippen LogP contribution in [0.1, 0.15) is 13.3 Å². The number of hydrogen-bond donors (Lipinski definition) is 3. The summed E-state index contributed by atoms with van der Waals surface area (Å²) in [5, 5.41) is 14.0. The minimum Gasteiger partial charge on any atom is -0.495 e. The van der Waals surface area contributed by atoms with E-state index < -0.39 is 17.9 Å². The van der Waals surface area contributed by atoms with Crippen molar-refractivity contribution in [3.05, 3.63) is 22.7 Å². The summed E-state index contributed by atoms with van der Waals surface area (Å²) in [5.41, 5.74) is 0.561. The van der Waals surface area contributed by atoms with Gasteiger partial charge in [-0.05, 0) is 34.5 Å². The highest BCUT2D eigenvalue weighted by Crippen LogP contribution is 2.27. The van der Waals surface area contributed by atoms with Crippen LogP contribution in [0.4, 0.5) is 10.5 Å². The first-order valence-corrected chi connectivity index (χ1v) is 6.88. The van der Waals surface area contributed by atoms with Crippen molar-refractivity contribution < 1.29 is 19.4 Å². The van der Waals surface area contributed by atoms with Gasteiger partial charge in [0.05, 0.1) is 17.5 Å². The van der Waals surface area contributed by atoms with E-state index in [2.05, 4.69) is 26.6 Å². The number of aliphatic carboxylic acids is 1. The van der Waals surface area contributed by atoms with Crippen LogP contribution in [-0.4, -0.2) is 30.8 Å². The van der Waals surface area contributed by atoms with Crippen LogP contribution in [-0.2, 0) is 4.79 Å². The van der Waals surface area contributed by atoms with Gasteiger partial charge in [-0.3, -0.25) is 4.79 Å². The zero-order valence-corrected chi connectivity index (χ0v) is 12.9. The number of anilines is 1. The highest BCUT2D eigenvalue weighted by atomic mass is 79.9. The smallest absolute Gasteiger partial charge is 0.319 e. The van der Waals surface area contributed by atoms with Crippen molar-refractivity contribution in [2.24, 2.45) is 5.92 Å². The molecular formula is C13H17BrN2O4. The minimum absolute atomic E-state index is 0.0886. The lowest BCUT2D eigenvalue weighted by Gasteiger charge is -2.12. The maximum absolute atomic E-state index is 11.7. The quantitative estimate of drug-likeness (QED) is 0.740. The van der Waals surface area contributed by atoms with Gasteiger partial charge in [0.25, 0.3) is 0 Å². The number of benzene rings is 1. The maximum atomic E-state index is 11.7. The fourth-order valence-electron chi connectivity index (χ4n) is 1.53. The minimum atomic E-state index is -0.918. The van der Waals surface area contributed by atoms with Crippen LogP contribution in [0.25, 0.3) is 0 Å². The molecule has 20 heavy (non-hydrogen) atoms. The average molecular weight is 345 g/mol. The molecule has 0 fully saturated rings. The van der Waals surface area contributed by atoms with E-state index in [9.17, 15) is 9.59 Å². The number of methoxy groups -OCH3 is 1. The fraction of sp³-hybridized carbons (Fsp3) is 0.385. The van der Waals surface area contributed by atoms with Gasteiger partial charge in [-0.15, -0.1) is 0 Å². The molecule has 0 aliphatic rings. The molecule has 0 saturated carbocycles. The number of ether oxygens (including phenoxy) is 1. The predicted octanol–water partition coefficient (Wildman–Crippen LogP) is 2.69. The summed E-state index contributed by atoms with van der Waals surface area (Å²) in [7, 11) is 1.53. The second kappa shape index (κ2) is 7.74. The molecule has 0 spiro atoms. The summed E-state index contributed by atoms with van der Waals surface area (Å²) in [6, 6.07) is 4.67. The van der Waals surface area contributed by atoms with Crippen LogP contribution >= 0.6 is 15.9 Å². The predicted molar refractivity (Wildman–Crippen MR) is 79.1 cm³/mol. The summed E-state index contributed by atoms with van der Waals surface area (Å²) < 4.78 is 5.90. The van der Waals surface area contributed by atoms with Gasteiger partial charge in [0.15, 0.2) is 0 Å². The largest absolute Gasteiger partial charge is 0.495 e. The first-order valence-electron chi connectivity index (χ1n) is 6.09. The normalized spacial score (nSPS) is 11.6. The topological polar surface area (TPSA) is 87.7 Å². The van der Waals surface area contributed by atoms with Crippen LogP contribution in [0.2, 0.25) is 0 Å². The zero-order chi connectivity index (χ0) is 15.1.